The van der Waals surface area contributed by atoms with Crippen molar-refractivity contribution in [2.24, 2.45) is 0 Å². The monoisotopic (exact) mass is 290 g/mol. The molecular weight excluding hydrogens is 276 g/mol. The van der Waals surface area contributed by atoms with Crippen LogP contribution in [0.15, 0.2) is 23.1 Å². The number of carbonyl (C=O) groups excluding carboxylic acids is 1. The first kappa shape index (κ1) is 14.8. The Labute approximate surface area is 111 Å². The van der Waals surface area contributed by atoms with Crippen LogP contribution in [-0.2, 0) is 14.6 Å². The quantitative estimate of drug-likeness (QED) is 0.816. The molecule has 0 aliphatic heterocycles. The molecule has 5 nitrogen and oxygen atoms in total. The minimum atomic E-state index is -3.70. The van der Waals surface area contributed by atoms with E-state index in [9.17, 15) is 13.2 Å². The summed E-state index contributed by atoms with van der Waals surface area (Å²) in [5, 5.41) is 2.67. The van der Waals surface area contributed by atoms with Crippen LogP contribution < -0.4 is 11.1 Å². The minimum Gasteiger partial charge on any atom is -0.398 e. The third-order valence-electron chi connectivity index (χ3n) is 2.10. The Balaban J connectivity index is 2.93. The second kappa shape index (κ2) is 5.58. The van der Waals surface area contributed by atoms with Crippen LogP contribution in [0.4, 0.5) is 5.69 Å². The van der Waals surface area contributed by atoms with Gasteiger partial charge in [-0.25, -0.2) is 8.42 Å². The summed E-state index contributed by atoms with van der Waals surface area (Å²) < 4.78 is 23.9. The summed E-state index contributed by atoms with van der Waals surface area (Å²) in [6.07, 6.45) is 0. The Kier molecular flexibility index (Phi) is 4.59. The van der Waals surface area contributed by atoms with Crippen LogP contribution >= 0.6 is 11.6 Å². The number of sulfone groups is 1. The summed E-state index contributed by atoms with van der Waals surface area (Å²) in [7, 11) is -3.70. The Hall–Kier alpha value is -1.27. The second-order valence-corrected chi connectivity index (χ2v) is 6.56. The standard InChI is InChI=1S/C11H15ClN2O3S/c1-7(2)14-11(15)6-18(16,17)8-3-4-10(13)9(12)5-8/h3-5,7H,6,13H2,1-2H3,(H,14,15). The van der Waals surface area contributed by atoms with Crippen molar-refractivity contribution in [3.63, 3.8) is 0 Å². The SMILES string of the molecule is CC(C)NC(=O)CS(=O)(=O)c1ccc(N)c(Cl)c1. The van der Waals surface area contributed by atoms with Gasteiger partial charge in [0, 0.05) is 6.04 Å². The molecule has 0 aliphatic carbocycles. The molecule has 0 unspecified atom stereocenters. The Morgan fingerprint density at radius 3 is 2.56 bits per heavy atom. The lowest BCUT2D eigenvalue weighted by Gasteiger charge is -2.09. The smallest absolute Gasteiger partial charge is 0.235 e. The van der Waals surface area contributed by atoms with Gasteiger partial charge in [-0.15, -0.1) is 0 Å². The lowest BCUT2D eigenvalue weighted by Crippen LogP contribution is -2.35. The number of benzene rings is 1. The number of hydrogen-bond acceptors (Lipinski definition) is 4. The summed E-state index contributed by atoms with van der Waals surface area (Å²) >= 11 is 5.75. The van der Waals surface area contributed by atoms with Crippen LogP contribution in [0, 0.1) is 0 Å². The van der Waals surface area contributed by atoms with Crippen molar-refractivity contribution in [1.82, 2.24) is 5.32 Å². The highest BCUT2D eigenvalue weighted by Gasteiger charge is 2.20. The molecule has 0 spiro atoms. The first-order chi connectivity index (χ1) is 8.22. The largest absolute Gasteiger partial charge is 0.398 e. The van der Waals surface area contributed by atoms with Gasteiger partial charge >= 0.3 is 0 Å². The average molecular weight is 291 g/mol. The first-order valence-electron chi connectivity index (χ1n) is 5.29. The Morgan fingerprint density at radius 1 is 1.44 bits per heavy atom. The predicted molar refractivity (Wildman–Crippen MR) is 71.2 cm³/mol. The zero-order valence-corrected chi connectivity index (χ0v) is 11.7. The molecule has 0 heterocycles. The van der Waals surface area contributed by atoms with Gasteiger partial charge in [-0.1, -0.05) is 11.6 Å². The summed E-state index contributed by atoms with van der Waals surface area (Å²) in [6.45, 7) is 3.51. The number of anilines is 1. The van der Waals surface area contributed by atoms with Crippen molar-refractivity contribution < 1.29 is 13.2 Å². The lowest BCUT2D eigenvalue weighted by molar-refractivity contribution is -0.119. The highest BCUT2D eigenvalue weighted by Crippen LogP contribution is 2.23. The van der Waals surface area contributed by atoms with Crippen LogP contribution in [0.25, 0.3) is 0 Å². The van der Waals surface area contributed by atoms with Crippen molar-refractivity contribution in [1.29, 1.82) is 0 Å². The third kappa shape index (κ3) is 3.89. The van der Waals surface area contributed by atoms with E-state index in [-0.39, 0.29) is 16.0 Å². The van der Waals surface area contributed by atoms with E-state index in [2.05, 4.69) is 5.32 Å². The van der Waals surface area contributed by atoms with Crippen LogP contribution in [0.3, 0.4) is 0 Å². The molecule has 1 amide bonds. The third-order valence-corrected chi connectivity index (χ3v) is 4.04. The number of halogens is 1. The molecule has 1 aromatic carbocycles. The maximum Gasteiger partial charge on any atom is 0.235 e. The van der Waals surface area contributed by atoms with Crippen LogP contribution in [0.5, 0.6) is 0 Å². The topological polar surface area (TPSA) is 89.3 Å². The summed E-state index contributed by atoms with van der Waals surface area (Å²) in [5.41, 5.74) is 5.79. The van der Waals surface area contributed by atoms with Gasteiger partial charge in [-0.2, -0.15) is 0 Å². The van der Waals surface area contributed by atoms with Gasteiger partial charge < -0.3 is 11.1 Å². The van der Waals surface area contributed by atoms with E-state index < -0.39 is 21.5 Å². The average Bonchev–Trinajstić information content (AvgIpc) is 2.19. The second-order valence-electron chi connectivity index (χ2n) is 4.16. The van der Waals surface area contributed by atoms with Crippen molar-refractivity contribution in [2.75, 3.05) is 11.5 Å². The van der Waals surface area contributed by atoms with Gasteiger partial charge in [0.25, 0.3) is 0 Å². The number of amides is 1. The zero-order valence-electron chi connectivity index (χ0n) is 10.1. The van der Waals surface area contributed by atoms with Gasteiger partial charge in [0.1, 0.15) is 5.75 Å². The number of nitrogens with two attached hydrogens (primary N) is 1. The molecule has 0 radical (unpaired) electrons. The van der Waals surface area contributed by atoms with Crippen molar-refractivity contribution in [3.05, 3.63) is 23.2 Å². The fraction of sp³-hybridized carbons (Fsp3) is 0.364. The molecule has 1 aromatic rings. The predicted octanol–water partition coefficient (Wildman–Crippen LogP) is 1.22. The Bertz CT molecular complexity index is 555. The van der Waals surface area contributed by atoms with Crippen molar-refractivity contribution >= 4 is 33.0 Å². The molecule has 3 N–H and O–H groups in total. The van der Waals surface area contributed by atoms with E-state index in [1.165, 1.54) is 18.2 Å². The van der Waals surface area contributed by atoms with E-state index in [0.29, 0.717) is 5.69 Å². The number of nitrogens with one attached hydrogen (secondary N) is 1. The van der Waals surface area contributed by atoms with Gasteiger partial charge in [0.05, 0.1) is 15.6 Å². The molecule has 100 valence electrons. The molecule has 0 fully saturated rings. The maximum atomic E-state index is 11.9. The fourth-order valence-electron chi connectivity index (χ4n) is 1.32. The number of carbonyl (C=O) groups is 1. The normalized spacial score (nSPS) is 11.6. The molecule has 18 heavy (non-hydrogen) atoms. The van der Waals surface area contributed by atoms with Gasteiger partial charge in [-0.05, 0) is 32.0 Å². The molecule has 1 rings (SSSR count). The van der Waals surface area contributed by atoms with E-state index >= 15 is 0 Å². The Morgan fingerprint density at radius 2 is 2.06 bits per heavy atom. The van der Waals surface area contributed by atoms with Crippen molar-refractivity contribution in [3.8, 4) is 0 Å². The van der Waals surface area contributed by atoms with Crippen LogP contribution in [-0.4, -0.2) is 26.1 Å². The van der Waals surface area contributed by atoms with E-state index in [4.69, 9.17) is 17.3 Å². The molecular formula is C11H15ClN2O3S. The molecule has 0 saturated carbocycles. The summed E-state index contributed by atoms with van der Waals surface area (Å²) in [4.78, 5) is 11.4. The van der Waals surface area contributed by atoms with Crippen molar-refractivity contribution in [2.45, 2.75) is 24.8 Å². The van der Waals surface area contributed by atoms with E-state index in [1.807, 2.05) is 0 Å². The molecule has 7 heteroatoms. The zero-order chi connectivity index (χ0) is 13.9. The highest BCUT2D eigenvalue weighted by atomic mass is 35.5. The first-order valence-corrected chi connectivity index (χ1v) is 7.32. The molecule has 0 saturated heterocycles. The summed E-state index contributed by atoms with van der Waals surface area (Å²) in [5.74, 6) is -1.15. The van der Waals surface area contributed by atoms with Gasteiger partial charge in [0.15, 0.2) is 9.84 Å². The van der Waals surface area contributed by atoms with Gasteiger partial charge in [-0.3, -0.25) is 4.79 Å². The number of nitrogen functional groups attached to an aromatic ring is 1. The van der Waals surface area contributed by atoms with Gasteiger partial charge in [0.2, 0.25) is 5.91 Å². The highest BCUT2D eigenvalue weighted by molar-refractivity contribution is 7.92. The maximum absolute atomic E-state index is 11.9. The minimum absolute atomic E-state index is 0.0133. The fourth-order valence-corrected chi connectivity index (χ4v) is 2.73. The van der Waals surface area contributed by atoms with E-state index in [0.717, 1.165) is 0 Å². The summed E-state index contributed by atoms with van der Waals surface area (Å²) in [6, 6.07) is 3.87. The lowest BCUT2D eigenvalue weighted by atomic mass is 10.3. The molecule has 0 aliphatic rings. The van der Waals surface area contributed by atoms with Crippen LogP contribution in [0.2, 0.25) is 5.02 Å². The van der Waals surface area contributed by atoms with Crippen LogP contribution in [0.1, 0.15) is 13.8 Å². The molecule has 0 aromatic heterocycles. The van der Waals surface area contributed by atoms with E-state index in [1.54, 1.807) is 13.8 Å². The molecule has 0 atom stereocenters. The number of hydrogen-bond donors (Lipinski definition) is 2. The number of rotatable bonds is 4. The molecule has 0 bridgehead atoms.